The van der Waals surface area contributed by atoms with Crippen molar-refractivity contribution in [2.45, 2.75) is 55.0 Å². The van der Waals surface area contributed by atoms with Crippen LogP contribution in [0.3, 0.4) is 0 Å². The lowest BCUT2D eigenvalue weighted by molar-refractivity contribution is -0.139. The van der Waals surface area contributed by atoms with E-state index in [1.165, 1.54) is 12.3 Å². The molecule has 9 heteroatoms. The molecule has 2 aliphatic heterocycles. The Morgan fingerprint density at radius 2 is 1.94 bits per heavy atom. The van der Waals surface area contributed by atoms with Crippen molar-refractivity contribution >= 4 is 40.8 Å². The Kier molecular flexibility index (Phi) is 4.77. The molecule has 6 nitrogen and oxygen atoms in total. The first kappa shape index (κ1) is 20.7. The van der Waals surface area contributed by atoms with Crippen LogP contribution in [0.5, 0.6) is 0 Å². The maximum Gasteiger partial charge on any atom is 0.321 e. The monoisotopic (exact) mass is 463 g/mol. The number of rotatable bonds is 2. The number of aliphatic carboxylic acids is 1. The molecule has 162 valence electrons. The zero-order chi connectivity index (χ0) is 22.0. The Morgan fingerprint density at radius 1 is 1.19 bits per heavy atom. The summed E-state index contributed by atoms with van der Waals surface area (Å²) in [6, 6.07) is 5.33. The number of carbonyl (C=O) groups is 2. The van der Waals surface area contributed by atoms with E-state index in [1.54, 1.807) is 18.2 Å². The summed E-state index contributed by atoms with van der Waals surface area (Å²) < 4.78 is 15.3. The predicted octanol–water partition coefficient (Wildman–Crippen LogP) is 4.26. The van der Waals surface area contributed by atoms with Crippen molar-refractivity contribution in [3.8, 4) is 0 Å². The summed E-state index contributed by atoms with van der Waals surface area (Å²) in [5, 5.41) is 16.5. The van der Waals surface area contributed by atoms with Gasteiger partial charge in [0.15, 0.2) is 11.0 Å². The van der Waals surface area contributed by atoms with Gasteiger partial charge in [0.25, 0.3) is 0 Å². The summed E-state index contributed by atoms with van der Waals surface area (Å²) in [4.78, 5) is 30.0. The van der Waals surface area contributed by atoms with Gasteiger partial charge in [-0.05, 0) is 42.2 Å². The fraction of sp³-hybridized carbons (Fsp3) is 0.409. The maximum atomic E-state index is 15.3. The van der Waals surface area contributed by atoms with Gasteiger partial charge in [0.1, 0.15) is 11.5 Å². The molecule has 3 atom stereocenters. The van der Waals surface area contributed by atoms with E-state index in [-0.39, 0.29) is 16.6 Å². The number of pyridine rings is 1. The maximum absolute atomic E-state index is 15.3. The van der Waals surface area contributed by atoms with Gasteiger partial charge in [-0.2, -0.15) is 0 Å². The number of carboxylic acid groups (broad SMARTS) is 1. The second kappa shape index (κ2) is 7.15. The summed E-state index contributed by atoms with van der Waals surface area (Å²) in [7, 11) is 0. The number of aromatic nitrogens is 1. The number of anilines is 1. The van der Waals surface area contributed by atoms with Crippen LogP contribution in [0.4, 0.5) is 10.1 Å². The third-order valence-corrected chi connectivity index (χ3v) is 7.68. The molecule has 2 aromatic rings. The highest BCUT2D eigenvalue weighted by atomic mass is 35.5. The van der Waals surface area contributed by atoms with E-state index in [4.69, 9.17) is 23.2 Å². The molecular formula is C22H20Cl2FN3O3. The first-order chi connectivity index (χ1) is 14.8. The van der Waals surface area contributed by atoms with Crippen molar-refractivity contribution < 1.29 is 19.1 Å². The number of carbonyl (C=O) groups excluding carboxylic acids is 1. The van der Waals surface area contributed by atoms with Gasteiger partial charge < -0.3 is 10.4 Å². The number of hydrogen-bond donors (Lipinski definition) is 3. The molecule has 0 radical (unpaired) electrons. The minimum Gasteiger partial charge on any atom is -0.480 e. The molecule has 5 rings (SSSR count). The van der Waals surface area contributed by atoms with Crippen molar-refractivity contribution in [3.05, 3.63) is 57.6 Å². The van der Waals surface area contributed by atoms with Crippen LogP contribution in [0.25, 0.3) is 0 Å². The van der Waals surface area contributed by atoms with E-state index in [2.05, 4.69) is 15.6 Å². The number of nitrogens with zero attached hydrogens (tertiary/aromatic N) is 1. The van der Waals surface area contributed by atoms with Crippen LogP contribution >= 0.6 is 23.2 Å². The molecular weight excluding hydrogens is 444 g/mol. The van der Waals surface area contributed by atoms with Crippen molar-refractivity contribution in [1.82, 2.24) is 10.3 Å². The SMILES string of the molecule is O=C(O)[C@@H]1NC2(CCCCC2)[C@@]2(C(=O)Nc3cc(Cl)ccc32)[C@H]1c1ccnc(Cl)c1F. The third kappa shape index (κ3) is 2.69. The smallest absolute Gasteiger partial charge is 0.321 e. The average Bonchev–Trinajstić information content (AvgIpc) is 3.18. The van der Waals surface area contributed by atoms with Crippen molar-refractivity contribution in [2.24, 2.45) is 0 Å². The largest absolute Gasteiger partial charge is 0.480 e. The van der Waals surface area contributed by atoms with Gasteiger partial charge in [-0.15, -0.1) is 0 Å². The number of hydrogen-bond acceptors (Lipinski definition) is 4. The molecule has 2 spiro atoms. The predicted molar refractivity (Wildman–Crippen MR) is 114 cm³/mol. The van der Waals surface area contributed by atoms with Crippen LogP contribution < -0.4 is 10.6 Å². The van der Waals surface area contributed by atoms with E-state index in [0.717, 1.165) is 19.3 Å². The molecule has 1 saturated carbocycles. The number of fused-ring (bicyclic) bond motifs is 3. The van der Waals surface area contributed by atoms with Gasteiger partial charge in [0.2, 0.25) is 5.91 Å². The zero-order valence-corrected chi connectivity index (χ0v) is 17.9. The van der Waals surface area contributed by atoms with Gasteiger partial charge in [-0.1, -0.05) is 48.5 Å². The van der Waals surface area contributed by atoms with E-state index in [0.29, 0.717) is 29.1 Å². The van der Waals surface area contributed by atoms with Gasteiger partial charge in [0, 0.05) is 28.4 Å². The molecule has 31 heavy (non-hydrogen) atoms. The van der Waals surface area contributed by atoms with Crippen molar-refractivity contribution in [2.75, 3.05) is 5.32 Å². The summed E-state index contributed by atoms with van der Waals surface area (Å²) >= 11 is 12.2. The molecule has 3 N–H and O–H groups in total. The van der Waals surface area contributed by atoms with Crippen molar-refractivity contribution in [1.29, 1.82) is 0 Å². The van der Waals surface area contributed by atoms with Gasteiger partial charge in [0.05, 0.1) is 0 Å². The van der Waals surface area contributed by atoms with Crippen LogP contribution in [0.15, 0.2) is 30.5 Å². The minimum absolute atomic E-state index is 0.0697. The first-order valence-electron chi connectivity index (χ1n) is 10.2. The van der Waals surface area contributed by atoms with Crippen molar-refractivity contribution in [3.63, 3.8) is 0 Å². The Balaban J connectivity index is 1.86. The molecule has 3 aliphatic rings. The number of benzene rings is 1. The Labute approximate surface area is 188 Å². The quantitative estimate of drug-likeness (QED) is 0.578. The van der Waals surface area contributed by atoms with E-state index >= 15 is 4.39 Å². The summed E-state index contributed by atoms with van der Waals surface area (Å²) in [5.41, 5.74) is -0.940. The minimum atomic E-state index is -1.33. The zero-order valence-electron chi connectivity index (χ0n) is 16.4. The fourth-order valence-electron chi connectivity index (χ4n) is 6.12. The van der Waals surface area contributed by atoms with E-state index < -0.39 is 34.7 Å². The third-order valence-electron chi connectivity index (χ3n) is 7.18. The van der Waals surface area contributed by atoms with Gasteiger partial charge in [-0.3, -0.25) is 14.9 Å². The summed E-state index contributed by atoms with van der Waals surface area (Å²) in [6.07, 6.45) is 5.21. The van der Waals surface area contributed by atoms with E-state index in [9.17, 15) is 14.7 Å². The van der Waals surface area contributed by atoms with Gasteiger partial charge in [-0.25, -0.2) is 9.37 Å². The van der Waals surface area contributed by atoms with Crippen LogP contribution in [0.2, 0.25) is 10.2 Å². The molecule has 0 bridgehead atoms. The average molecular weight is 464 g/mol. The number of amides is 1. The lowest BCUT2D eigenvalue weighted by Gasteiger charge is -2.47. The first-order valence-corrected chi connectivity index (χ1v) is 11.0. The second-order valence-corrected chi connectivity index (χ2v) is 9.33. The lowest BCUT2D eigenvalue weighted by Crippen LogP contribution is -2.60. The van der Waals surface area contributed by atoms with Crippen LogP contribution in [0, 0.1) is 5.82 Å². The van der Waals surface area contributed by atoms with Crippen LogP contribution in [-0.4, -0.2) is 33.5 Å². The van der Waals surface area contributed by atoms with Crippen LogP contribution in [-0.2, 0) is 15.0 Å². The Bertz CT molecular complexity index is 1110. The second-order valence-electron chi connectivity index (χ2n) is 8.54. The molecule has 1 saturated heterocycles. The fourth-order valence-corrected chi connectivity index (χ4v) is 6.45. The van der Waals surface area contributed by atoms with Gasteiger partial charge >= 0.3 is 5.97 Å². The molecule has 0 unspecified atom stereocenters. The molecule has 1 aromatic heterocycles. The number of carboxylic acids is 1. The molecule has 1 aromatic carbocycles. The highest BCUT2D eigenvalue weighted by Gasteiger charge is 2.72. The van der Waals surface area contributed by atoms with E-state index in [1.807, 2.05) is 0 Å². The number of halogens is 3. The molecule has 3 heterocycles. The normalized spacial score (nSPS) is 28.7. The Hall–Kier alpha value is -2.22. The summed E-state index contributed by atoms with van der Waals surface area (Å²) in [5.74, 6) is -3.31. The topological polar surface area (TPSA) is 91.3 Å². The lowest BCUT2D eigenvalue weighted by atomic mass is 9.55. The molecule has 2 fully saturated rings. The number of nitrogens with one attached hydrogen (secondary N) is 2. The summed E-state index contributed by atoms with van der Waals surface area (Å²) in [6.45, 7) is 0. The standard InChI is InChI=1S/C22H20Cl2FN3O3/c23-11-4-5-13-14(10-11)27-20(31)22(13)15(12-6-9-26-18(24)16(12)25)17(19(29)30)28-21(22)7-2-1-3-8-21/h4-6,9-10,15,17,28H,1-3,7-8H2,(H,27,31)(H,29,30)/t15-,17+,22+/m0/s1. The Morgan fingerprint density at radius 3 is 2.65 bits per heavy atom. The molecule has 1 amide bonds. The highest BCUT2D eigenvalue weighted by molar-refractivity contribution is 6.31. The highest BCUT2D eigenvalue weighted by Crippen LogP contribution is 2.62. The molecule has 1 aliphatic carbocycles. The van der Waals surface area contributed by atoms with Crippen LogP contribution in [0.1, 0.15) is 49.1 Å².